The van der Waals surface area contributed by atoms with E-state index in [1.54, 1.807) is 30.9 Å². The van der Waals surface area contributed by atoms with Crippen molar-refractivity contribution >= 4 is 5.69 Å². The Labute approximate surface area is 113 Å². The van der Waals surface area contributed by atoms with E-state index in [2.05, 4.69) is 10.3 Å². The van der Waals surface area contributed by atoms with Crippen molar-refractivity contribution in [3.63, 3.8) is 0 Å². The van der Waals surface area contributed by atoms with Crippen molar-refractivity contribution in [1.82, 2.24) is 9.55 Å². The predicted octanol–water partition coefficient (Wildman–Crippen LogP) is 3.75. The fourth-order valence-electron chi connectivity index (χ4n) is 1.90. The molecule has 0 spiro atoms. The van der Waals surface area contributed by atoms with Crippen molar-refractivity contribution in [3.05, 3.63) is 47.8 Å². The van der Waals surface area contributed by atoms with Crippen molar-refractivity contribution < 1.29 is 17.6 Å². The molecule has 0 radical (unpaired) electrons. The SMILES string of the molecule is CC(Nc1cc(C(F)(F)F)ccc1F)c1nccn1C. The largest absolute Gasteiger partial charge is 0.416 e. The number of rotatable bonds is 3. The van der Waals surface area contributed by atoms with Crippen LogP contribution in [0.15, 0.2) is 30.6 Å². The third kappa shape index (κ3) is 2.92. The maximum absolute atomic E-state index is 13.6. The number of nitrogens with zero attached hydrogens (tertiary/aromatic N) is 2. The molecule has 1 unspecified atom stereocenters. The van der Waals surface area contributed by atoms with E-state index in [1.165, 1.54) is 0 Å². The molecule has 2 aromatic rings. The molecule has 1 heterocycles. The highest BCUT2D eigenvalue weighted by molar-refractivity contribution is 5.49. The maximum atomic E-state index is 13.6. The van der Waals surface area contributed by atoms with Crippen LogP contribution in [-0.2, 0) is 13.2 Å². The minimum Gasteiger partial charge on any atom is -0.373 e. The summed E-state index contributed by atoms with van der Waals surface area (Å²) in [5.41, 5.74) is -1.09. The lowest BCUT2D eigenvalue weighted by Crippen LogP contribution is -2.14. The summed E-state index contributed by atoms with van der Waals surface area (Å²) in [4.78, 5) is 4.07. The van der Waals surface area contributed by atoms with Gasteiger partial charge in [-0.25, -0.2) is 9.37 Å². The van der Waals surface area contributed by atoms with Gasteiger partial charge < -0.3 is 9.88 Å². The summed E-state index contributed by atoms with van der Waals surface area (Å²) < 4.78 is 53.1. The molecule has 0 aliphatic rings. The van der Waals surface area contributed by atoms with Gasteiger partial charge in [-0.3, -0.25) is 0 Å². The van der Waals surface area contributed by atoms with Crippen molar-refractivity contribution in [1.29, 1.82) is 0 Å². The molecule has 3 nitrogen and oxygen atoms in total. The van der Waals surface area contributed by atoms with Crippen molar-refractivity contribution in [2.24, 2.45) is 7.05 Å². The van der Waals surface area contributed by atoms with E-state index < -0.39 is 23.6 Å². The normalized spacial score (nSPS) is 13.3. The lowest BCUT2D eigenvalue weighted by molar-refractivity contribution is -0.137. The molecule has 20 heavy (non-hydrogen) atoms. The average molecular weight is 287 g/mol. The second kappa shape index (κ2) is 5.15. The van der Waals surface area contributed by atoms with Gasteiger partial charge in [0, 0.05) is 19.4 Å². The minimum absolute atomic E-state index is 0.199. The van der Waals surface area contributed by atoms with E-state index in [0.29, 0.717) is 11.9 Å². The molecule has 0 saturated carbocycles. The van der Waals surface area contributed by atoms with Gasteiger partial charge >= 0.3 is 6.18 Å². The summed E-state index contributed by atoms with van der Waals surface area (Å²) >= 11 is 0. The smallest absolute Gasteiger partial charge is 0.373 e. The molecular formula is C13H13F4N3. The molecule has 108 valence electrons. The summed E-state index contributed by atoms with van der Waals surface area (Å²) in [6, 6.07) is 1.85. The summed E-state index contributed by atoms with van der Waals surface area (Å²) in [7, 11) is 1.75. The third-order valence-electron chi connectivity index (χ3n) is 2.91. The fourth-order valence-corrected chi connectivity index (χ4v) is 1.90. The number of imidazole rings is 1. The predicted molar refractivity (Wildman–Crippen MR) is 66.6 cm³/mol. The highest BCUT2D eigenvalue weighted by Crippen LogP contribution is 2.32. The van der Waals surface area contributed by atoms with Gasteiger partial charge in [-0.05, 0) is 25.1 Å². The summed E-state index contributed by atoms with van der Waals surface area (Å²) in [5, 5.41) is 2.71. The van der Waals surface area contributed by atoms with Gasteiger partial charge in [-0.2, -0.15) is 13.2 Å². The average Bonchev–Trinajstić information content (AvgIpc) is 2.77. The standard InChI is InChI=1S/C13H13F4N3/c1-8(12-18-5-6-20(12)2)19-11-7-9(13(15,16)17)3-4-10(11)14/h3-8,19H,1-2H3. The Morgan fingerprint density at radius 3 is 2.55 bits per heavy atom. The number of alkyl halides is 3. The molecule has 0 aliphatic heterocycles. The van der Waals surface area contributed by atoms with Crippen LogP contribution in [-0.4, -0.2) is 9.55 Å². The van der Waals surface area contributed by atoms with Crippen molar-refractivity contribution in [3.8, 4) is 0 Å². The van der Waals surface area contributed by atoms with Crippen LogP contribution in [0.2, 0.25) is 0 Å². The summed E-state index contributed by atoms with van der Waals surface area (Å²) in [6.07, 6.45) is -1.23. The zero-order valence-corrected chi connectivity index (χ0v) is 10.9. The molecule has 1 N–H and O–H groups in total. The van der Waals surface area contributed by atoms with Crippen LogP contribution < -0.4 is 5.32 Å². The number of halogens is 4. The van der Waals surface area contributed by atoms with E-state index in [9.17, 15) is 17.6 Å². The Kier molecular flexibility index (Phi) is 3.69. The van der Waals surface area contributed by atoms with Gasteiger partial charge in [-0.15, -0.1) is 0 Å². The first-order valence-corrected chi connectivity index (χ1v) is 5.89. The fraction of sp³-hybridized carbons (Fsp3) is 0.308. The van der Waals surface area contributed by atoms with Gasteiger partial charge in [0.05, 0.1) is 17.3 Å². The molecule has 0 bridgehead atoms. The second-order valence-corrected chi connectivity index (χ2v) is 4.45. The van der Waals surface area contributed by atoms with Crippen molar-refractivity contribution in [2.45, 2.75) is 19.1 Å². The quantitative estimate of drug-likeness (QED) is 0.871. The van der Waals surface area contributed by atoms with Crippen LogP contribution in [0.3, 0.4) is 0 Å². The lowest BCUT2D eigenvalue weighted by Gasteiger charge is -2.17. The van der Waals surface area contributed by atoms with Crippen LogP contribution in [0.5, 0.6) is 0 Å². The topological polar surface area (TPSA) is 29.9 Å². The highest BCUT2D eigenvalue weighted by atomic mass is 19.4. The number of hydrogen-bond donors (Lipinski definition) is 1. The second-order valence-electron chi connectivity index (χ2n) is 4.45. The van der Waals surface area contributed by atoms with Gasteiger partial charge in [0.1, 0.15) is 11.6 Å². The minimum atomic E-state index is -4.50. The van der Waals surface area contributed by atoms with Crippen LogP contribution in [0.4, 0.5) is 23.2 Å². The summed E-state index contributed by atoms with van der Waals surface area (Å²) in [6.45, 7) is 1.70. The summed E-state index contributed by atoms with van der Waals surface area (Å²) in [5.74, 6) is -0.138. The molecule has 1 aromatic heterocycles. The van der Waals surface area contributed by atoms with Crippen LogP contribution in [0, 0.1) is 5.82 Å². The lowest BCUT2D eigenvalue weighted by atomic mass is 10.1. The number of aryl methyl sites for hydroxylation is 1. The Hall–Kier alpha value is -2.05. The number of nitrogens with one attached hydrogen (secondary N) is 1. The van der Waals surface area contributed by atoms with E-state index in [1.807, 2.05) is 0 Å². The zero-order valence-electron chi connectivity index (χ0n) is 10.9. The van der Waals surface area contributed by atoms with Crippen LogP contribution in [0.25, 0.3) is 0 Å². The molecule has 0 saturated heterocycles. The highest BCUT2D eigenvalue weighted by Gasteiger charge is 2.31. The number of benzene rings is 1. The molecule has 1 aromatic carbocycles. The first-order valence-electron chi connectivity index (χ1n) is 5.89. The molecule has 0 aliphatic carbocycles. The van der Waals surface area contributed by atoms with E-state index in [-0.39, 0.29) is 5.69 Å². The van der Waals surface area contributed by atoms with Crippen LogP contribution in [0.1, 0.15) is 24.4 Å². The Morgan fingerprint density at radius 2 is 2.00 bits per heavy atom. The Morgan fingerprint density at radius 1 is 1.30 bits per heavy atom. The molecule has 1 atom stereocenters. The molecular weight excluding hydrogens is 274 g/mol. The first-order chi connectivity index (χ1) is 9.29. The van der Waals surface area contributed by atoms with Gasteiger partial charge in [0.25, 0.3) is 0 Å². The van der Waals surface area contributed by atoms with Crippen molar-refractivity contribution in [2.75, 3.05) is 5.32 Å². The molecule has 2 rings (SSSR count). The monoisotopic (exact) mass is 287 g/mol. The Balaban J connectivity index is 2.27. The third-order valence-corrected chi connectivity index (χ3v) is 2.91. The number of hydrogen-bond acceptors (Lipinski definition) is 2. The number of aromatic nitrogens is 2. The molecule has 0 amide bonds. The zero-order chi connectivity index (χ0) is 14.9. The molecule has 7 heteroatoms. The molecule has 0 fully saturated rings. The van der Waals surface area contributed by atoms with E-state index in [0.717, 1.165) is 12.1 Å². The first kappa shape index (κ1) is 14.4. The number of anilines is 1. The van der Waals surface area contributed by atoms with Gasteiger partial charge in [0.2, 0.25) is 0 Å². The van der Waals surface area contributed by atoms with Crippen LogP contribution >= 0.6 is 0 Å². The van der Waals surface area contributed by atoms with Gasteiger partial charge in [0.15, 0.2) is 0 Å². The maximum Gasteiger partial charge on any atom is 0.416 e. The Bertz CT molecular complexity index is 604. The van der Waals surface area contributed by atoms with E-state index in [4.69, 9.17) is 0 Å². The van der Waals surface area contributed by atoms with Gasteiger partial charge in [-0.1, -0.05) is 0 Å². The van der Waals surface area contributed by atoms with E-state index >= 15 is 0 Å².